The van der Waals surface area contributed by atoms with E-state index in [1.807, 2.05) is 20.8 Å². The van der Waals surface area contributed by atoms with Crippen molar-refractivity contribution < 1.29 is 14.4 Å². The van der Waals surface area contributed by atoms with Gasteiger partial charge in [-0.25, -0.2) is 4.79 Å². The van der Waals surface area contributed by atoms with Gasteiger partial charge in [0.2, 0.25) is 11.8 Å². The van der Waals surface area contributed by atoms with Gasteiger partial charge in [0.1, 0.15) is 5.41 Å². The molecule has 1 heterocycles. The Kier molecular flexibility index (Phi) is 3.40. The fourth-order valence-electron chi connectivity index (χ4n) is 2.15. The van der Waals surface area contributed by atoms with Crippen LogP contribution in [0.2, 0.25) is 0 Å². The summed E-state index contributed by atoms with van der Waals surface area (Å²) in [4.78, 5) is 35.3. The Hall–Kier alpha value is -1.65. The van der Waals surface area contributed by atoms with Crippen molar-refractivity contribution in [3.05, 3.63) is 12.7 Å². The van der Waals surface area contributed by atoms with Crippen molar-refractivity contribution in [2.24, 2.45) is 10.8 Å². The number of imide groups is 2. The molecule has 0 aromatic heterocycles. The van der Waals surface area contributed by atoms with Gasteiger partial charge in [-0.2, -0.15) is 0 Å². The molecule has 17 heavy (non-hydrogen) atoms. The summed E-state index contributed by atoms with van der Waals surface area (Å²) in [5, 5.41) is 4.34. The lowest BCUT2D eigenvalue weighted by Gasteiger charge is -2.44. The second-order valence-corrected chi connectivity index (χ2v) is 4.87. The lowest BCUT2D eigenvalue weighted by atomic mass is 9.60. The number of urea groups is 1. The monoisotopic (exact) mass is 238 g/mol. The van der Waals surface area contributed by atoms with Crippen molar-refractivity contribution in [1.29, 1.82) is 0 Å². The van der Waals surface area contributed by atoms with Crippen LogP contribution in [0.4, 0.5) is 4.79 Å². The molecule has 4 amide bonds. The fourth-order valence-corrected chi connectivity index (χ4v) is 2.15. The Bertz CT molecular complexity index is 365. The fraction of sp³-hybridized carbons (Fsp3) is 0.583. The van der Waals surface area contributed by atoms with E-state index in [-0.39, 0.29) is 6.42 Å². The van der Waals surface area contributed by atoms with E-state index in [1.54, 1.807) is 0 Å². The third-order valence-corrected chi connectivity index (χ3v) is 3.72. The minimum Gasteiger partial charge on any atom is -0.277 e. The standard InChI is InChI=1S/C12H18N2O3/c1-5-7-12(11(3,4)6-2)8(15)13-10(17)14-9(12)16/h5H,1,6-7H2,2-4H3,(H2,13,14,15,16,17). The van der Waals surface area contributed by atoms with Crippen LogP contribution in [-0.4, -0.2) is 17.8 Å². The van der Waals surface area contributed by atoms with Gasteiger partial charge in [0.05, 0.1) is 0 Å². The van der Waals surface area contributed by atoms with E-state index in [2.05, 4.69) is 17.2 Å². The highest BCUT2D eigenvalue weighted by molar-refractivity contribution is 6.19. The van der Waals surface area contributed by atoms with Gasteiger partial charge >= 0.3 is 6.03 Å². The molecule has 0 aromatic carbocycles. The molecule has 94 valence electrons. The van der Waals surface area contributed by atoms with Crippen LogP contribution in [0.25, 0.3) is 0 Å². The molecule has 0 aromatic rings. The molecule has 0 aliphatic carbocycles. The third-order valence-electron chi connectivity index (χ3n) is 3.72. The van der Waals surface area contributed by atoms with Gasteiger partial charge in [0.15, 0.2) is 0 Å². The zero-order valence-electron chi connectivity index (χ0n) is 10.4. The van der Waals surface area contributed by atoms with Crippen LogP contribution >= 0.6 is 0 Å². The van der Waals surface area contributed by atoms with E-state index in [1.165, 1.54) is 6.08 Å². The number of barbiturate groups is 1. The van der Waals surface area contributed by atoms with E-state index in [0.29, 0.717) is 6.42 Å². The molecule has 5 heteroatoms. The normalized spacial score (nSPS) is 19.6. The first kappa shape index (κ1) is 13.4. The van der Waals surface area contributed by atoms with Crippen molar-refractivity contribution >= 4 is 17.8 Å². The van der Waals surface area contributed by atoms with Gasteiger partial charge in [-0.3, -0.25) is 20.2 Å². The van der Waals surface area contributed by atoms with Gasteiger partial charge in [0, 0.05) is 0 Å². The maximum absolute atomic E-state index is 12.1. The average Bonchev–Trinajstić information content (AvgIpc) is 2.23. The summed E-state index contributed by atoms with van der Waals surface area (Å²) in [5.74, 6) is -1.09. The minimum atomic E-state index is -1.27. The predicted octanol–water partition coefficient (Wildman–Crippen LogP) is 1.35. The largest absolute Gasteiger partial charge is 0.328 e. The molecular weight excluding hydrogens is 220 g/mol. The Morgan fingerprint density at radius 1 is 1.24 bits per heavy atom. The summed E-state index contributed by atoms with van der Waals surface area (Å²) in [5.41, 5.74) is -1.83. The second kappa shape index (κ2) is 4.31. The molecule has 1 rings (SSSR count). The molecule has 0 saturated carbocycles. The van der Waals surface area contributed by atoms with Gasteiger partial charge in [-0.05, 0) is 18.3 Å². The van der Waals surface area contributed by atoms with Crippen LogP contribution in [0, 0.1) is 10.8 Å². The van der Waals surface area contributed by atoms with Gasteiger partial charge < -0.3 is 0 Å². The molecule has 0 atom stereocenters. The third kappa shape index (κ3) is 1.85. The van der Waals surface area contributed by atoms with Crippen LogP contribution in [0.15, 0.2) is 12.7 Å². The molecule has 2 N–H and O–H groups in total. The number of carbonyl (C=O) groups is 3. The van der Waals surface area contributed by atoms with E-state index < -0.39 is 28.7 Å². The maximum atomic E-state index is 12.1. The minimum absolute atomic E-state index is 0.207. The zero-order chi connectivity index (χ0) is 13.3. The highest BCUT2D eigenvalue weighted by atomic mass is 16.2. The van der Waals surface area contributed by atoms with Crippen molar-refractivity contribution in [3.8, 4) is 0 Å². The molecule has 1 aliphatic rings. The molecular formula is C12H18N2O3. The van der Waals surface area contributed by atoms with Crippen molar-refractivity contribution in [2.75, 3.05) is 0 Å². The SMILES string of the molecule is C=CCC1(C(C)(C)CC)C(=O)NC(=O)NC1=O. The summed E-state index contributed by atoms with van der Waals surface area (Å²) in [7, 11) is 0. The lowest BCUT2D eigenvalue weighted by Crippen LogP contribution is -2.66. The Labute approximate surface area is 101 Å². The number of amides is 4. The number of hydrogen-bond donors (Lipinski definition) is 2. The number of carbonyl (C=O) groups excluding carboxylic acids is 3. The Morgan fingerprint density at radius 3 is 2.06 bits per heavy atom. The topological polar surface area (TPSA) is 75.3 Å². The van der Waals surface area contributed by atoms with E-state index in [0.717, 1.165) is 0 Å². The first-order valence-electron chi connectivity index (χ1n) is 5.59. The second-order valence-electron chi connectivity index (χ2n) is 4.87. The zero-order valence-corrected chi connectivity index (χ0v) is 10.4. The van der Waals surface area contributed by atoms with Crippen molar-refractivity contribution in [2.45, 2.75) is 33.6 Å². The maximum Gasteiger partial charge on any atom is 0.328 e. The number of hydrogen-bond acceptors (Lipinski definition) is 3. The average molecular weight is 238 g/mol. The van der Waals surface area contributed by atoms with E-state index in [9.17, 15) is 14.4 Å². The first-order valence-corrected chi connectivity index (χ1v) is 5.59. The quantitative estimate of drug-likeness (QED) is 0.573. The number of nitrogens with one attached hydrogen (secondary N) is 2. The molecule has 5 nitrogen and oxygen atoms in total. The highest BCUT2D eigenvalue weighted by Gasteiger charge is 2.57. The van der Waals surface area contributed by atoms with Gasteiger partial charge in [-0.15, -0.1) is 6.58 Å². The molecule has 1 aliphatic heterocycles. The van der Waals surface area contributed by atoms with Gasteiger partial charge in [0.25, 0.3) is 0 Å². The molecule has 0 unspecified atom stereocenters. The van der Waals surface area contributed by atoms with Crippen LogP contribution < -0.4 is 10.6 Å². The van der Waals surface area contributed by atoms with Gasteiger partial charge in [-0.1, -0.05) is 26.8 Å². The number of rotatable bonds is 4. The molecule has 1 fully saturated rings. The first-order chi connectivity index (χ1) is 7.81. The van der Waals surface area contributed by atoms with E-state index >= 15 is 0 Å². The Morgan fingerprint density at radius 2 is 1.71 bits per heavy atom. The smallest absolute Gasteiger partial charge is 0.277 e. The van der Waals surface area contributed by atoms with Crippen LogP contribution in [0.1, 0.15) is 33.6 Å². The summed E-state index contributed by atoms with van der Waals surface area (Å²) in [6.45, 7) is 9.17. The Balaban J connectivity index is 3.31. The molecule has 0 spiro atoms. The summed E-state index contributed by atoms with van der Waals surface area (Å²) < 4.78 is 0. The molecule has 0 radical (unpaired) electrons. The van der Waals surface area contributed by atoms with E-state index in [4.69, 9.17) is 0 Å². The molecule has 1 saturated heterocycles. The lowest BCUT2D eigenvalue weighted by molar-refractivity contribution is -0.153. The van der Waals surface area contributed by atoms with Crippen LogP contribution in [0.3, 0.4) is 0 Å². The van der Waals surface area contributed by atoms with Crippen LogP contribution in [0.5, 0.6) is 0 Å². The summed E-state index contributed by atoms with van der Waals surface area (Å²) in [6, 6.07) is -0.758. The van der Waals surface area contributed by atoms with Crippen molar-refractivity contribution in [1.82, 2.24) is 10.6 Å². The number of allylic oxidation sites excluding steroid dienone is 1. The predicted molar refractivity (Wildman–Crippen MR) is 63.0 cm³/mol. The summed E-state index contributed by atoms with van der Waals surface area (Å²) >= 11 is 0. The summed E-state index contributed by atoms with van der Waals surface area (Å²) in [6.07, 6.45) is 2.38. The highest BCUT2D eigenvalue weighted by Crippen LogP contribution is 2.46. The van der Waals surface area contributed by atoms with Crippen molar-refractivity contribution in [3.63, 3.8) is 0 Å². The molecule has 0 bridgehead atoms. The van der Waals surface area contributed by atoms with Crippen LogP contribution in [-0.2, 0) is 9.59 Å².